The number of ether oxygens (including phenoxy) is 2. The maximum atomic E-state index is 13.3. The van der Waals surface area contributed by atoms with Crippen LogP contribution in [0.3, 0.4) is 0 Å². The van der Waals surface area contributed by atoms with E-state index in [-0.39, 0.29) is 29.6 Å². The van der Waals surface area contributed by atoms with Crippen LogP contribution in [0.5, 0.6) is 11.5 Å². The molecule has 6 rings (SSSR count). The molecule has 1 aromatic heterocycles. The summed E-state index contributed by atoms with van der Waals surface area (Å²) in [5.74, 6) is 1.58. The first-order valence-corrected chi connectivity index (χ1v) is 11.3. The molecular weight excluding hydrogens is 406 g/mol. The number of methoxy groups -OCH3 is 1. The third-order valence-electron chi connectivity index (χ3n) is 7.39. The van der Waals surface area contributed by atoms with Gasteiger partial charge in [-0.3, -0.25) is 14.6 Å². The number of amides is 2. The highest BCUT2D eigenvalue weighted by molar-refractivity contribution is 5.98. The molecule has 0 radical (unpaired) electrons. The molecule has 4 atom stereocenters. The van der Waals surface area contributed by atoms with Gasteiger partial charge < -0.3 is 19.7 Å². The van der Waals surface area contributed by atoms with E-state index in [9.17, 15) is 9.59 Å². The van der Waals surface area contributed by atoms with Gasteiger partial charge in [0.2, 0.25) is 5.91 Å². The zero-order valence-corrected chi connectivity index (χ0v) is 18.5. The van der Waals surface area contributed by atoms with E-state index in [2.05, 4.69) is 10.3 Å². The Hall–Kier alpha value is -3.09. The van der Waals surface area contributed by atoms with Crippen molar-refractivity contribution in [3.63, 3.8) is 0 Å². The number of nitrogens with one attached hydrogen (secondary N) is 1. The van der Waals surface area contributed by atoms with E-state index in [1.54, 1.807) is 31.5 Å². The minimum absolute atomic E-state index is 0.0275. The smallest absolute Gasteiger partial charge is 0.258 e. The van der Waals surface area contributed by atoms with Crippen LogP contribution in [0, 0.1) is 17.8 Å². The maximum Gasteiger partial charge on any atom is 0.258 e. The van der Waals surface area contributed by atoms with E-state index in [4.69, 9.17) is 9.47 Å². The van der Waals surface area contributed by atoms with Gasteiger partial charge in [-0.05, 0) is 49.4 Å². The molecule has 3 aliphatic carbocycles. The van der Waals surface area contributed by atoms with Crippen LogP contribution in [0.1, 0.15) is 41.7 Å². The molecule has 1 spiro atoms. The molecule has 1 aromatic carbocycles. The van der Waals surface area contributed by atoms with Crippen molar-refractivity contribution in [2.45, 2.75) is 37.8 Å². The van der Waals surface area contributed by atoms with Crippen molar-refractivity contribution in [2.24, 2.45) is 17.8 Å². The van der Waals surface area contributed by atoms with Crippen molar-refractivity contribution in [1.82, 2.24) is 15.2 Å². The number of nitrogens with zero attached hydrogens (tertiary/aromatic N) is 2. The molecule has 3 fully saturated rings. The average molecular weight is 436 g/mol. The molecule has 7 nitrogen and oxygen atoms in total. The molecular formula is C25H29N3O4. The Balaban J connectivity index is 1.29. The molecule has 32 heavy (non-hydrogen) atoms. The first-order valence-electron chi connectivity index (χ1n) is 11.3. The summed E-state index contributed by atoms with van der Waals surface area (Å²) < 4.78 is 11.8. The van der Waals surface area contributed by atoms with Gasteiger partial charge in [-0.15, -0.1) is 0 Å². The molecule has 2 bridgehead atoms. The standard InChI is InChI=1S/C25H29N3O4/c1-28(12-10-18-5-3-4-11-26-18)24(30)21-13-17-7-6-16(21)15-25(17)27-23(29)20-9-8-19(31-2)14-22(20)32-25/h3-5,8-9,11,14,16-17,21H,6-7,10,12-13,15H2,1-2H3,(H,27,29). The largest absolute Gasteiger partial charge is 0.497 e. The predicted molar refractivity (Wildman–Crippen MR) is 118 cm³/mol. The fraction of sp³-hybridized carbons (Fsp3) is 0.480. The van der Waals surface area contributed by atoms with E-state index in [0.717, 1.165) is 31.4 Å². The summed E-state index contributed by atoms with van der Waals surface area (Å²) in [4.78, 5) is 32.3. The van der Waals surface area contributed by atoms with Crippen LogP contribution in [0.2, 0.25) is 0 Å². The molecule has 3 saturated carbocycles. The molecule has 1 N–H and O–H groups in total. The zero-order chi connectivity index (χ0) is 22.3. The Morgan fingerprint density at radius 1 is 1.31 bits per heavy atom. The van der Waals surface area contributed by atoms with Crippen molar-refractivity contribution in [2.75, 3.05) is 20.7 Å². The van der Waals surface area contributed by atoms with Gasteiger partial charge in [0.15, 0.2) is 5.72 Å². The number of hydrogen-bond acceptors (Lipinski definition) is 5. The van der Waals surface area contributed by atoms with Gasteiger partial charge in [0.1, 0.15) is 11.5 Å². The monoisotopic (exact) mass is 435 g/mol. The summed E-state index contributed by atoms with van der Waals surface area (Å²) in [7, 11) is 3.48. The van der Waals surface area contributed by atoms with E-state index < -0.39 is 5.72 Å². The lowest BCUT2D eigenvalue weighted by atomic mass is 9.59. The van der Waals surface area contributed by atoms with Crippen molar-refractivity contribution in [3.8, 4) is 11.5 Å². The normalized spacial score (nSPS) is 27.9. The highest BCUT2D eigenvalue weighted by Gasteiger charge is 2.57. The lowest BCUT2D eigenvalue weighted by Crippen LogP contribution is -2.67. The van der Waals surface area contributed by atoms with E-state index in [0.29, 0.717) is 30.0 Å². The van der Waals surface area contributed by atoms with Crippen LogP contribution in [-0.4, -0.2) is 48.1 Å². The van der Waals surface area contributed by atoms with Gasteiger partial charge in [-0.25, -0.2) is 0 Å². The maximum absolute atomic E-state index is 13.3. The molecule has 4 aliphatic rings. The zero-order valence-electron chi connectivity index (χ0n) is 18.5. The Kier molecular flexibility index (Phi) is 5.27. The number of fused-ring (bicyclic) bond motifs is 3. The molecule has 168 valence electrons. The minimum atomic E-state index is -0.733. The molecule has 1 aliphatic heterocycles. The number of likely N-dealkylation sites (N-methyl/N-ethyl adjacent to an activating group) is 1. The number of aromatic nitrogens is 1. The van der Waals surface area contributed by atoms with Crippen molar-refractivity contribution < 1.29 is 19.1 Å². The topological polar surface area (TPSA) is 80.8 Å². The SMILES string of the molecule is COc1ccc2c(c1)OC1(CC3CCC1CC3C(=O)N(C)CCc1ccccn1)NC2=O. The molecule has 2 aromatic rings. The average Bonchev–Trinajstić information content (AvgIpc) is 2.82. The van der Waals surface area contributed by atoms with Crippen molar-refractivity contribution >= 4 is 11.8 Å². The quantitative estimate of drug-likeness (QED) is 0.781. The van der Waals surface area contributed by atoms with Gasteiger partial charge in [0, 0.05) is 56.2 Å². The number of carbonyl (C=O) groups excluding carboxylic acids is 2. The Bertz CT molecular complexity index is 1030. The first kappa shape index (κ1) is 20.8. The second kappa shape index (κ2) is 8.11. The van der Waals surface area contributed by atoms with E-state index in [1.165, 1.54) is 0 Å². The molecule has 2 heterocycles. The van der Waals surface area contributed by atoms with E-state index in [1.807, 2.05) is 30.1 Å². The number of benzene rings is 1. The van der Waals surface area contributed by atoms with E-state index >= 15 is 0 Å². The summed E-state index contributed by atoms with van der Waals surface area (Å²) in [6.07, 6.45) is 5.85. The fourth-order valence-electron chi connectivity index (χ4n) is 5.64. The Morgan fingerprint density at radius 2 is 2.19 bits per heavy atom. The predicted octanol–water partition coefficient (Wildman–Crippen LogP) is 3.05. The van der Waals surface area contributed by atoms with Crippen molar-refractivity contribution in [1.29, 1.82) is 0 Å². The van der Waals surface area contributed by atoms with Gasteiger partial charge in [-0.2, -0.15) is 0 Å². The van der Waals surface area contributed by atoms with Gasteiger partial charge in [0.25, 0.3) is 5.91 Å². The highest BCUT2D eigenvalue weighted by Crippen LogP contribution is 2.53. The van der Waals surface area contributed by atoms with Gasteiger partial charge in [0.05, 0.1) is 12.7 Å². The molecule has 0 saturated heterocycles. The Labute approximate surface area is 188 Å². The second-order valence-corrected chi connectivity index (χ2v) is 9.22. The lowest BCUT2D eigenvalue weighted by molar-refractivity contribution is -0.154. The van der Waals surface area contributed by atoms with Crippen LogP contribution in [0.4, 0.5) is 0 Å². The number of carbonyl (C=O) groups is 2. The third kappa shape index (κ3) is 3.59. The van der Waals surface area contributed by atoms with Crippen molar-refractivity contribution in [3.05, 3.63) is 53.9 Å². The molecule has 2 amide bonds. The number of pyridine rings is 1. The van der Waals surface area contributed by atoms with Gasteiger partial charge in [-0.1, -0.05) is 6.07 Å². The van der Waals surface area contributed by atoms with Crippen LogP contribution >= 0.6 is 0 Å². The molecule has 4 unspecified atom stereocenters. The Morgan fingerprint density at radius 3 is 2.91 bits per heavy atom. The summed E-state index contributed by atoms with van der Waals surface area (Å²) in [5.41, 5.74) is 0.784. The summed E-state index contributed by atoms with van der Waals surface area (Å²) in [6, 6.07) is 11.1. The highest BCUT2D eigenvalue weighted by atomic mass is 16.5. The van der Waals surface area contributed by atoms with Crippen LogP contribution in [0.25, 0.3) is 0 Å². The summed E-state index contributed by atoms with van der Waals surface area (Å²) >= 11 is 0. The van der Waals surface area contributed by atoms with Crippen LogP contribution in [0.15, 0.2) is 42.6 Å². The fourth-order valence-corrected chi connectivity index (χ4v) is 5.64. The second-order valence-electron chi connectivity index (χ2n) is 9.22. The third-order valence-corrected chi connectivity index (χ3v) is 7.39. The number of rotatable bonds is 5. The van der Waals surface area contributed by atoms with Gasteiger partial charge >= 0.3 is 0 Å². The number of hydrogen-bond donors (Lipinski definition) is 1. The van der Waals surface area contributed by atoms with Crippen LogP contribution < -0.4 is 14.8 Å². The minimum Gasteiger partial charge on any atom is -0.497 e. The summed E-state index contributed by atoms with van der Waals surface area (Å²) in [5, 5.41) is 3.16. The van der Waals surface area contributed by atoms with Crippen LogP contribution in [-0.2, 0) is 11.2 Å². The lowest BCUT2D eigenvalue weighted by Gasteiger charge is -2.55. The molecule has 7 heteroatoms. The summed E-state index contributed by atoms with van der Waals surface area (Å²) in [6.45, 7) is 0.648. The first-order chi connectivity index (χ1) is 15.5.